The first-order valence-corrected chi connectivity index (χ1v) is 7.01. The molecule has 0 saturated carbocycles. The van der Waals surface area contributed by atoms with E-state index in [2.05, 4.69) is 9.97 Å². The number of aryl methyl sites for hydroxylation is 1. The normalized spacial score (nSPS) is 12.2. The highest BCUT2D eigenvalue weighted by Gasteiger charge is 2.20. The molecule has 1 atom stereocenters. The lowest BCUT2D eigenvalue weighted by atomic mass is 10.1. The molecule has 20 heavy (non-hydrogen) atoms. The van der Waals surface area contributed by atoms with Gasteiger partial charge in [0, 0.05) is 17.3 Å². The van der Waals surface area contributed by atoms with Gasteiger partial charge in [0.25, 0.3) is 0 Å². The molecule has 6 heteroatoms. The molecule has 0 bridgehead atoms. The second-order valence-electron chi connectivity index (χ2n) is 4.04. The van der Waals surface area contributed by atoms with Crippen LogP contribution in [0.2, 0.25) is 5.15 Å². The highest BCUT2D eigenvalue weighted by Crippen LogP contribution is 2.21. The zero-order chi connectivity index (χ0) is 14.5. The van der Waals surface area contributed by atoms with E-state index in [1.54, 1.807) is 24.4 Å². The summed E-state index contributed by atoms with van der Waals surface area (Å²) in [6.07, 6.45) is 4.53. The number of ketones is 1. The molecule has 100 valence electrons. The van der Waals surface area contributed by atoms with Gasteiger partial charge in [-0.3, -0.25) is 4.79 Å². The Morgan fingerprint density at radius 1 is 1.55 bits per heavy atom. The SMILES string of the molecule is Cc1csc(C(C#N)C(=O)/C=C/c2ccc(Cl)nc2)n1. The van der Waals surface area contributed by atoms with E-state index < -0.39 is 5.92 Å². The highest BCUT2D eigenvalue weighted by atomic mass is 35.5. The summed E-state index contributed by atoms with van der Waals surface area (Å²) in [5, 5.41) is 11.9. The van der Waals surface area contributed by atoms with Crippen molar-refractivity contribution in [1.82, 2.24) is 9.97 Å². The zero-order valence-electron chi connectivity index (χ0n) is 10.6. The highest BCUT2D eigenvalue weighted by molar-refractivity contribution is 7.10. The third kappa shape index (κ3) is 3.50. The number of carbonyl (C=O) groups excluding carboxylic acids is 1. The average Bonchev–Trinajstić information content (AvgIpc) is 2.85. The van der Waals surface area contributed by atoms with Crippen LogP contribution in [-0.2, 0) is 4.79 Å². The minimum absolute atomic E-state index is 0.295. The van der Waals surface area contributed by atoms with Gasteiger partial charge in [0.15, 0.2) is 11.7 Å². The molecule has 1 unspecified atom stereocenters. The van der Waals surface area contributed by atoms with E-state index in [-0.39, 0.29) is 5.78 Å². The third-order valence-corrected chi connectivity index (χ3v) is 3.74. The van der Waals surface area contributed by atoms with Crippen LogP contribution in [0.1, 0.15) is 22.2 Å². The van der Waals surface area contributed by atoms with Gasteiger partial charge in [0.2, 0.25) is 0 Å². The standard InChI is InChI=1S/C14H10ClN3OS/c1-9-8-20-14(18-9)11(6-16)12(19)4-2-10-3-5-13(15)17-7-10/h2-5,7-8,11H,1H3/b4-2+. The number of nitrogens with zero attached hydrogens (tertiary/aromatic N) is 3. The molecule has 2 rings (SSSR count). The molecule has 0 spiro atoms. The Balaban J connectivity index is 2.14. The fourth-order valence-corrected chi connectivity index (χ4v) is 2.46. The van der Waals surface area contributed by atoms with Crippen molar-refractivity contribution in [3.05, 3.63) is 51.2 Å². The van der Waals surface area contributed by atoms with E-state index in [0.29, 0.717) is 10.2 Å². The maximum Gasteiger partial charge on any atom is 0.179 e. The summed E-state index contributed by atoms with van der Waals surface area (Å²) < 4.78 is 0. The van der Waals surface area contributed by atoms with Gasteiger partial charge in [-0.2, -0.15) is 5.26 Å². The molecule has 0 amide bonds. The molecule has 0 N–H and O–H groups in total. The topological polar surface area (TPSA) is 66.6 Å². The number of allylic oxidation sites excluding steroid dienone is 1. The number of hydrogen-bond donors (Lipinski definition) is 0. The molecule has 2 aromatic rings. The summed E-state index contributed by atoms with van der Waals surface area (Å²) in [4.78, 5) is 20.1. The third-order valence-electron chi connectivity index (χ3n) is 2.49. The second-order valence-corrected chi connectivity index (χ2v) is 5.32. The number of pyridine rings is 1. The predicted octanol–water partition coefficient (Wildman–Crippen LogP) is 3.39. The fraction of sp³-hybridized carbons (Fsp3) is 0.143. The molecule has 2 aromatic heterocycles. The van der Waals surface area contributed by atoms with Crippen LogP contribution in [0, 0.1) is 18.3 Å². The van der Waals surface area contributed by atoms with Crippen LogP contribution in [0.25, 0.3) is 6.08 Å². The second kappa shape index (κ2) is 6.42. The molecule has 0 aliphatic heterocycles. The monoisotopic (exact) mass is 303 g/mol. The maximum absolute atomic E-state index is 12.0. The van der Waals surface area contributed by atoms with Crippen LogP contribution in [-0.4, -0.2) is 15.8 Å². The summed E-state index contributed by atoms with van der Waals surface area (Å²) in [5.41, 5.74) is 1.55. The first-order chi connectivity index (χ1) is 9.60. The molecule has 2 heterocycles. The Kier molecular flexibility index (Phi) is 4.61. The van der Waals surface area contributed by atoms with E-state index in [9.17, 15) is 4.79 Å². The van der Waals surface area contributed by atoms with Gasteiger partial charge in [-0.15, -0.1) is 11.3 Å². The zero-order valence-corrected chi connectivity index (χ0v) is 12.1. The van der Waals surface area contributed by atoms with Gasteiger partial charge >= 0.3 is 0 Å². The predicted molar refractivity (Wildman–Crippen MR) is 78.5 cm³/mol. The number of rotatable bonds is 4. The van der Waals surface area contributed by atoms with Crippen molar-refractivity contribution in [3.63, 3.8) is 0 Å². The van der Waals surface area contributed by atoms with E-state index in [1.807, 2.05) is 18.4 Å². The Morgan fingerprint density at radius 3 is 2.90 bits per heavy atom. The van der Waals surface area contributed by atoms with Crippen molar-refractivity contribution in [2.45, 2.75) is 12.8 Å². The number of carbonyl (C=O) groups is 1. The van der Waals surface area contributed by atoms with E-state index >= 15 is 0 Å². The molecule has 0 aliphatic carbocycles. The lowest BCUT2D eigenvalue weighted by Crippen LogP contribution is -2.07. The quantitative estimate of drug-likeness (QED) is 0.641. The van der Waals surface area contributed by atoms with Gasteiger partial charge in [-0.05, 0) is 30.7 Å². The Bertz CT molecular complexity index is 685. The van der Waals surface area contributed by atoms with Crippen LogP contribution in [0.15, 0.2) is 29.8 Å². The summed E-state index contributed by atoms with van der Waals surface area (Å²) in [6, 6.07) is 5.37. The number of aromatic nitrogens is 2. The average molecular weight is 304 g/mol. The Hall–Kier alpha value is -2.03. The Morgan fingerprint density at radius 2 is 2.35 bits per heavy atom. The molecule has 0 aromatic carbocycles. The summed E-state index contributed by atoms with van der Waals surface area (Å²) in [7, 11) is 0. The lowest BCUT2D eigenvalue weighted by Gasteiger charge is -2.00. The summed E-state index contributed by atoms with van der Waals surface area (Å²) in [6.45, 7) is 1.83. The number of halogens is 1. The minimum atomic E-state index is -0.856. The Labute approximate surface area is 125 Å². The van der Waals surface area contributed by atoms with Crippen LogP contribution < -0.4 is 0 Å². The molecule has 0 saturated heterocycles. The first kappa shape index (κ1) is 14.4. The minimum Gasteiger partial charge on any atom is -0.293 e. The number of hydrogen-bond acceptors (Lipinski definition) is 5. The van der Waals surface area contributed by atoms with Crippen molar-refractivity contribution < 1.29 is 4.79 Å². The maximum atomic E-state index is 12.0. The van der Waals surface area contributed by atoms with Crippen LogP contribution in [0.4, 0.5) is 0 Å². The fourth-order valence-electron chi connectivity index (χ4n) is 1.51. The molecular formula is C14H10ClN3OS. The molecule has 0 aliphatic rings. The smallest absolute Gasteiger partial charge is 0.179 e. The largest absolute Gasteiger partial charge is 0.293 e. The van der Waals surface area contributed by atoms with E-state index in [1.165, 1.54) is 17.4 Å². The van der Waals surface area contributed by atoms with Crippen molar-refractivity contribution in [2.75, 3.05) is 0 Å². The molecule has 0 fully saturated rings. The van der Waals surface area contributed by atoms with Crippen molar-refractivity contribution >= 4 is 34.8 Å². The molecule has 4 nitrogen and oxygen atoms in total. The summed E-state index contributed by atoms with van der Waals surface area (Å²) >= 11 is 6.99. The van der Waals surface area contributed by atoms with Crippen molar-refractivity contribution in [1.29, 1.82) is 5.26 Å². The first-order valence-electron chi connectivity index (χ1n) is 5.75. The van der Waals surface area contributed by atoms with Crippen molar-refractivity contribution in [2.24, 2.45) is 0 Å². The van der Waals surface area contributed by atoms with Gasteiger partial charge in [0.1, 0.15) is 10.2 Å². The molecular weight excluding hydrogens is 294 g/mol. The van der Waals surface area contributed by atoms with Gasteiger partial charge in [0.05, 0.1) is 6.07 Å². The van der Waals surface area contributed by atoms with Crippen LogP contribution >= 0.6 is 22.9 Å². The van der Waals surface area contributed by atoms with E-state index in [0.717, 1.165) is 11.3 Å². The van der Waals surface area contributed by atoms with Crippen molar-refractivity contribution in [3.8, 4) is 6.07 Å². The van der Waals surface area contributed by atoms with E-state index in [4.69, 9.17) is 16.9 Å². The van der Waals surface area contributed by atoms with Crippen LogP contribution in [0.5, 0.6) is 0 Å². The van der Waals surface area contributed by atoms with Gasteiger partial charge < -0.3 is 0 Å². The van der Waals surface area contributed by atoms with Gasteiger partial charge in [-0.1, -0.05) is 17.7 Å². The van der Waals surface area contributed by atoms with Crippen LogP contribution in [0.3, 0.4) is 0 Å². The number of nitriles is 1. The van der Waals surface area contributed by atoms with Gasteiger partial charge in [-0.25, -0.2) is 9.97 Å². The molecule has 0 radical (unpaired) electrons. The number of thiazole rings is 1. The lowest BCUT2D eigenvalue weighted by molar-refractivity contribution is -0.114. The summed E-state index contributed by atoms with van der Waals surface area (Å²) in [5.74, 6) is -1.15.